The monoisotopic (exact) mass is 294 g/mol. The fraction of sp³-hybridized carbons (Fsp3) is 0.588. The zero-order valence-corrected chi connectivity index (χ0v) is 13.7. The van der Waals surface area contributed by atoms with Crippen molar-refractivity contribution in [2.24, 2.45) is 11.3 Å². The van der Waals surface area contributed by atoms with E-state index in [1.807, 2.05) is 14.0 Å². The van der Waals surface area contributed by atoms with Crippen molar-refractivity contribution >= 4 is 5.91 Å². The van der Waals surface area contributed by atoms with Crippen LogP contribution in [0.3, 0.4) is 0 Å². The average Bonchev–Trinajstić information content (AvgIpc) is 2.37. The Bertz CT molecular complexity index is 451. The fourth-order valence-corrected chi connectivity index (χ4v) is 2.27. The molecule has 0 spiro atoms. The van der Waals surface area contributed by atoms with E-state index in [2.05, 4.69) is 31.4 Å². The Kier molecular flexibility index (Phi) is 6.34. The van der Waals surface area contributed by atoms with Crippen molar-refractivity contribution in [3.8, 4) is 0 Å². The maximum atomic E-state index is 13.1. The molecule has 0 aromatic heterocycles. The molecule has 0 fully saturated rings. The number of halogens is 1. The summed E-state index contributed by atoms with van der Waals surface area (Å²) >= 11 is 0. The molecule has 1 amide bonds. The van der Waals surface area contributed by atoms with E-state index >= 15 is 0 Å². The molecule has 2 N–H and O–H groups in total. The van der Waals surface area contributed by atoms with Crippen molar-refractivity contribution in [1.82, 2.24) is 10.6 Å². The highest BCUT2D eigenvalue weighted by Gasteiger charge is 2.23. The highest BCUT2D eigenvalue weighted by Crippen LogP contribution is 2.29. The number of benzene rings is 1. The van der Waals surface area contributed by atoms with E-state index in [0.717, 1.165) is 12.0 Å². The van der Waals surface area contributed by atoms with Crippen LogP contribution in [0.2, 0.25) is 0 Å². The summed E-state index contributed by atoms with van der Waals surface area (Å²) in [7, 11) is 1.83. The number of amides is 1. The Morgan fingerprint density at radius 1 is 1.24 bits per heavy atom. The van der Waals surface area contributed by atoms with Crippen LogP contribution < -0.4 is 10.6 Å². The molecule has 0 aliphatic carbocycles. The van der Waals surface area contributed by atoms with Crippen molar-refractivity contribution in [3.63, 3.8) is 0 Å². The van der Waals surface area contributed by atoms with E-state index in [-0.39, 0.29) is 29.1 Å². The van der Waals surface area contributed by atoms with Crippen LogP contribution in [0.1, 0.15) is 45.7 Å². The predicted octanol–water partition coefficient (Wildman–Crippen LogP) is 3.27. The molecule has 0 bridgehead atoms. The van der Waals surface area contributed by atoms with Gasteiger partial charge in [0.2, 0.25) is 5.91 Å². The standard InChI is InChI=1S/C17H27FN2O/c1-12(11-19-5)16(21)20-15(10-17(2,3)4)13-6-8-14(18)9-7-13/h6-9,12,15,19H,10-11H2,1-5H3,(H,20,21). The number of rotatable bonds is 6. The number of hydrogen-bond donors (Lipinski definition) is 2. The van der Waals surface area contributed by atoms with Gasteiger partial charge in [0.25, 0.3) is 0 Å². The minimum absolute atomic E-state index is 0.0166. The van der Waals surface area contributed by atoms with Gasteiger partial charge in [-0.2, -0.15) is 0 Å². The SMILES string of the molecule is CNCC(C)C(=O)NC(CC(C)(C)C)c1ccc(F)cc1. The first kappa shape index (κ1) is 17.6. The highest BCUT2D eigenvalue weighted by atomic mass is 19.1. The van der Waals surface area contributed by atoms with Crippen LogP contribution >= 0.6 is 0 Å². The second-order valence-corrected chi connectivity index (χ2v) is 6.84. The summed E-state index contributed by atoms with van der Waals surface area (Å²) in [5, 5.41) is 6.10. The third-order valence-electron chi connectivity index (χ3n) is 3.36. The molecule has 0 heterocycles. The lowest BCUT2D eigenvalue weighted by Gasteiger charge is -2.28. The molecular weight excluding hydrogens is 267 g/mol. The molecule has 0 aliphatic rings. The normalized spacial score (nSPS) is 14.6. The minimum atomic E-state index is -0.261. The van der Waals surface area contributed by atoms with Gasteiger partial charge in [-0.15, -0.1) is 0 Å². The largest absolute Gasteiger partial charge is 0.349 e. The van der Waals surface area contributed by atoms with Gasteiger partial charge in [-0.25, -0.2) is 4.39 Å². The Balaban J connectivity index is 2.87. The van der Waals surface area contributed by atoms with E-state index in [0.29, 0.717) is 6.54 Å². The summed E-state index contributed by atoms with van der Waals surface area (Å²) in [6, 6.07) is 6.27. The zero-order valence-electron chi connectivity index (χ0n) is 13.7. The van der Waals surface area contributed by atoms with E-state index in [9.17, 15) is 9.18 Å². The van der Waals surface area contributed by atoms with Crippen LogP contribution in [0.15, 0.2) is 24.3 Å². The second-order valence-electron chi connectivity index (χ2n) is 6.84. The van der Waals surface area contributed by atoms with Gasteiger partial charge >= 0.3 is 0 Å². The van der Waals surface area contributed by atoms with Crippen LogP contribution in [-0.2, 0) is 4.79 Å². The van der Waals surface area contributed by atoms with E-state index in [4.69, 9.17) is 0 Å². The Labute approximate surface area is 127 Å². The molecule has 2 unspecified atom stereocenters. The van der Waals surface area contributed by atoms with Crippen LogP contribution in [0.5, 0.6) is 0 Å². The zero-order chi connectivity index (χ0) is 16.0. The second kappa shape index (κ2) is 7.55. The van der Waals surface area contributed by atoms with Gasteiger partial charge in [-0.05, 0) is 36.6 Å². The Morgan fingerprint density at radius 3 is 2.29 bits per heavy atom. The molecule has 0 aliphatic heterocycles. The van der Waals surface area contributed by atoms with Crippen molar-refractivity contribution in [2.75, 3.05) is 13.6 Å². The molecular formula is C17H27FN2O. The van der Waals surface area contributed by atoms with Gasteiger partial charge in [0.1, 0.15) is 5.82 Å². The summed E-state index contributed by atoms with van der Waals surface area (Å²) in [4.78, 5) is 12.2. The van der Waals surface area contributed by atoms with Gasteiger partial charge in [0, 0.05) is 12.5 Å². The lowest BCUT2D eigenvalue weighted by Crippen LogP contribution is -2.38. The molecule has 0 saturated carbocycles. The van der Waals surface area contributed by atoms with Crippen LogP contribution in [-0.4, -0.2) is 19.5 Å². The van der Waals surface area contributed by atoms with Gasteiger partial charge in [-0.3, -0.25) is 4.79 Å². The maximum absolute atomic E-state index is 13.1. The predicted molar refractivity (Wildman–Crippen MR) is 84.4 cm³/mol. The summed E-state index contributed by atoms with van der Waals surface area (Å²) in [6.45, 7) is 8.92. The third kappa shape index (κ3) is 6.25. The molecule has 4 heteroatoms. The quantitative estimate of drug-likeness (QED) is 0.845. The number of hydrogen-bond acceptors (Lipinski definition) is 2. The minimum Gasteiger partial charge on any atom is -0.349 e. The summed E-state index contributed by atoms with van der Waals surface area (Å²) < 4.78 is 13.1. The van der Waals surface area contributed by atoms with Gasteiger partial charge in [-0.1, -0.05) is 39.8 Å². The molecule has 0 saturated heterocycles. The average molecular weight is 294 g/mol. The lowest BCUT2D eigenvalue weighted by atomic mass is 9.85. The van der Waals surface area contributed by atoms with E-state index < -0.39 is 0 Å². The van der Waals surface area contributed by atoms with Crippen molar-refractivity contribution in [2.45, 2.75) is 40.2 Å². The smallest absolute Gasteiger partial charge is 0.224 e. The third-order valence-corrected chi connectivity index (χ3v) is 3.36. The van der Waals surface area contributed by atoms with Gasteiger partial charge in [0.15, 0.2) is 0 Å². The molecule has 2 atom stereocenters. The molecule has 3 nitrogen and oxygen atoms in total. The van der Waals surface area contributed by atoms with E-state index in [1.165, 1.54) is 12.1 Å². The molecule has 118 valence electrons. The Hall–Kier alpha value is -1.42. The molecule has 1 aromatic rings. The van der Waals surface area contributed by atoms with Crippen LogP contribution in [0, 0.1) is 17.2 Å². The highest BCUT2D eigenvalue weighted by molar-refractivity contribution is 5.79. The van der Waals surface area contributed by atoms with Crippen molar-refractivity contribution in [1.29, 1.82) is 0 Å². The first-order chi connectivity index (χ1) is 9.73. The summed E-state index contributed by atoms with van der Waals surface area (Å²) in [6.07, 6.45) is 0.802. The number of nitrogens with one attached hydrogen (secondary N) is 2. The lowest BCUT2D eigenvalue weighted by molar-refractivity contribution is -0.125. The summed E-state index contributed by atoms with van der Waals surface area (Å²) in [5.74, 6) is -0.344. The topological polar surface area (TPSA) is 41.1 Å². The number of carbonyl (C=O) groups excluding carboxylic acids is 1. The molecule has 1 rings (SSSR count). The fourth-order valence-electron chi connectivity index (χ4n) is 2.27. The Morgan fingerprint density at radius 2 is 1.81 bits per heavy atom. The first-order valence-electron chi connectivity index (χ1n) is 7.43. The van der Waals surface area contributed by atoms with Gasteiger partial charge in [0.05, 0.1) is 6.04 Å². The van der Waals surface area contributed by atoms with E-state index in [1.54, 1.807) is 12.1 Å². The molecule has 1 aromatic carbocycles. The van der Waals surface area contributed by atoms with Gasteiger partial charge < -0.3 is 10.6 Å². The van der Waals surface area contributed by atoms with Crippen molar-refractivity contribution in [3.05, 3.63) is 35.6 Å². The first-order valence-corrected chi connectivity index (χ1v) is 7.43. The summed E-state index contributed by atoms with van der Waals surface area (Å²) in [5.41, 5.74) is 1.01. The van der Waals surface area contributed by atoms with Crippen LogP contribution in [0.4, 0.5) is 4.39 Å². The molecule has 21 heavy (non-hydrogen) atoms. The van der Waals surface area contributed by atoms with Crippen LogP contribution in [0.25, 0.3) is 0 Å². The van der Waals surface area contributed by atoms with Crippen molar-refractivity contribution < 1.29 is 9.18 Å². The number of carbonyl (C=O) groups is 1. The molecule has 0 radical (unpaired) electrons. The maximum Gasteiger partial charge on any atom is 0.224 e.